The van der Waals surface area contributed by atoms with Gasteiger partial charge in [-0.25, -0.2) is 9.78 Å². The summed E-state index contributed by atoms with van der Waals surface area (Å²) in [5.74, 6) is 0.0335. The molecule has 4 nitrogen and oxygen atoms in total. The Bertz CT molecular complexity index is 550. The molecule has 4 heteroatoms. The predicted octanol–water partition coefficient (Wildman–Crippen LogP) is 1.64. The van der Waals surface area contributed by atoms with E-state index < -0.39 is 0 Å². The van der Waals surface area contributed by atoms with Gasteiger partial charge in [-0.2, -0.15) is 0 Å². The second-order valence-electron chi connectivity index (χ2n) is 3.44. The third kappa shape index (κ3) is 2.06. The van der Waals surface area contributed by atoms with Gasteiger partial charge in [-0.1, -0.05) is 24.3 Å². The van der Waals surface area contributed by atoms with E-state index in [9.17, 15) is 9.59 Å². The quantitative estimate of drug-likeness (QED) is 0.773. The van der Waals surface area contributed by atoms with E-state index in [1.54, 1.807) is 18.3 Å². The summed E-state index contributed by atoms with van der Waals surface area (Å²) in [5.41, 5.74) is 2.02. The molecule has 0 bridgehead atoms. The molecule has 0 aliphatic heterocycles. The number of hydrogen-bond donors (Lipinski definition) is 1. The summed E-state index contributed by atoms with van der Waals surface area (Å²) in [7, 11) is 0. The zero-order valence-electron chi connectivity index (χ0n) is 8.73. The van der Waals surface area contributed by atoms with Gasteiger partial charge < -0.3 is 4.98 Å². The summed E-state index contributed by atoms with van der Waals surface area (Å²) in [6.07, 6.45) is 3.10. The molecule has 0 saturated carbocycles. The average Bonchev–Trinajstić information content (AvgIpc) is 2.30. The highest BCUT2D eigenvalue weighted by atomic mass is 16.1. The highest BCUT2D eigenvalue weighted by Crippen LogP contribution is 2.17. The first-order chi connectivity index (χ1) is 7.66. The van der Waals surface area contributed by atoms with Crippen molar-refractivity contribution in [2.45, 2.75) is 6.92 Å². The zero-order valence-corrected chi connectivity index (χ0v) is 8.73. The fourth-order valence-corrected chi connectivity index (χ4v) is 1.40. The number of nitrogens with zero attached hydrogens (tertiary/aromatic N) is 1. The van der Waals surface area contributed by atoms with Crippen molar-refractivity contribution in [3.05, 3.63) is 52.7 Å². The van der Waals surface area contributed by atoms with Crippen LogP contribution in [0.1, 0.15) is 17.3 Å². The smallest absolute Gasteiger partial charge is 0.312 e. The van der Waals surface area contributed by atoms with Crippen LogP contribution >= 0.6 is 0 Å². The van der Waals surface area contributed by atoms with Crippen LogP contribution in [0, 0.1) is 0 Å². The lowest BCUT2D eigenvalue weighted by atomic mass is 10.1. The number of aromatic amines is 1. The van der Waals surface area contributed by atoms with Crippen molar-refractivity contribution in [1.82, 2.24) is 9.97 Å². The molecule has 0 atom stereocenters. The van der Waals surface area contributed by atoms with E-state index in [2.05, 4.69) is 9.97 Å². The van der Waals surface area contributed by atoms with Crippen molar-refractivity contribution in [1.29, 1.82) is 0 Å². The number of nitrogens with one attached hydrogen (secondary N) is 1. The standard InChI is InChI=1S/C12H10N2O2/c1-8(15)9-2-4-10(5-3-9)11-6-13-12(16)14-7-11/h2-7H,1H3,(H,13,14,16). The minimum absolute atomic E-state index is 0.0335. The Labute approximate surface area is 92.0 Å². The van der Waals surface area contributed by atoms with Gasteiger partial charge in [-0.05, 0) is 12.5 Å². The molecule has 1 N–H and O–H groups in total. The Balaban J connectivity index is 2.38. The summed E-state index contributed by atoms with van der Waals surface area (Å²) in [4.78, 5) is 28.0. The number of hydrogen-bond acceptors (Lipinski definition) is 3. The van der Waals surface area contributed by atoms with E-state index in [1.165, 1.54) is 13.1 Å². The molecule has 0 unspecified atom stereocenters. The van der Waals surface area contributed by atoms with Gasteiger partial charge in [0.25, 0.3) is 0 Å². The van der Waals surface area contributed by atoms with Crippen LogP contribution in [0.25, 0.3) is 11.1 Å². The van der Waals surface area contributed by atoms with Crippen molar-refractivity contribution < 1.29 is 4.79 Å². The lowest BCUT2D eigenvalue weighted by molar-refractivity contribution is 0.101. The van der Waals surface area contributed by atoms with Crippen molar-refractivity contribution in [2.75, 3.05) is 0 Å². The summed E-state index contributed by atoms with van der Waals surface area (Å²) >= 11 is 0. The minimum atomic E-state index is -0.371. The molecule has 0 fully saturated rings. The fraction of sp³-hybridized carbons (Fsp3) is 0.0833. The number of carbonyl (C=O) groups is 1. The molecule has 1 heterocycles. The van der Waals surface area contributed by atoms with Gasteiger partial charge in [-0.3, -0.25) is 4.79 Å². The molecule has 0 aliphatic carbocycles. The number of carbonyl (C=O) groups excluding carboxylic acids is 1. The second-order valence-corrected chi connectivity index (χ2v) is 3.44. The Morgan fingerprint density at radius 3 is 2.38 bits per heavy atom. The van der Waals surface area contributed by atoms with E-state index in [0.717, 1.165) is 11.1 Å². The number of aromatic nitrogens is 2. The van der Waals surface area contributed by atoms with Crippen LogP contribution in [-0.2, 0) is 0 Å². The van der Waals surface area contributed by atoms with Crippen LogP contribution in [0.3, 0.4) is 0 Å². The molecule has 1 aromatic carbocycles. The number of rotatable bonds is 2. The molecule has 1 aromatic heterocycles. The monoisotopic (exact) mass is 214 g/mol. The molecule has 0 amide bonds. The fourth-order valence-electron chi connectivity index (χ4n) is 1.40. The lowest BCUT2D eigenvalue weighted by Crippen LogP contribution is -2.07. The van der Waals surface area contributed by atoms with E-state index in [-0.39, 0.29) is 11.5 Å². The summed E-state index contributed by atoms with van der Waals surface area (Å²) in [5, 5.41) is 0. The van der Waals surface area contributed by atoms with E-state index in [1.807, 2.05) is 12.1 Å². The maximum atomic E-state index is 11.1. The van der Waals surface area contributed by atoms with Gasteiger partial charge in [0.1, 0.15) is 0 Å². The number of H-pyrrole nitrogens is 1. The van der Waals surface area contributed by atoms with Gasteiger partial charge in [0.2, 0.25) is 0 Å². The lowest BCUT2D eigenvalue weighted by Gasteiger charge is -2.01. The molecule has 0 radical (unpaired) electrons. The largest absolute Gasteiger partial charge is 0.344 e. The highest BCUT2D eigenvalue weighted by molar-refractivity contribution is 5.94. The van der Waals surface area contributed by atoms with Crippen molar-refractivity contribution in [2.24, 2.45) is 0 Å². The zero-order chi connectivity index (χ0) is 11.5. The Kier molecular flexibility index (Phi) is 2.64. The van der Waals surface area contributed by atoms with Gasteiger partial charge in [0, 0.05) is 23.5 Å². The SMILES string of the molecule is CC(=O)c1ccc(-c2cnc(=O)[nH]c2)cc1. The molecular weight excluding hydrogens is 204 g/mol. The molecule has 0 spiro atoms. The van der Waals surface area contributed by atoms with Crippen LogP contribution in [0.4, 0.5) is 0 Å². The molecule has 0 aliphatic rings. The van der Waals surface area contributed by atoms with Crippen LogP contribution in [0.15, 0.2) is 41.5 Å². The number of benzene rings is 1. The van der Waals surface area contributed by atoms with E-state index in [4.69, 9.17) is 0 Å². The topological polar surface area (TPSA) is 62.8 Å². The summed E-state index contributed by atoms with van der Waals surface area (Å²) in [6, 6.07) is 7.16. The van der Waals surface area contributed by atoms with Crippen LogP contribution < -0.4 is 5.69 Å². The van der Waals surface area contributed by atoms with Gasteiger partial charge in [-0.15, -0.1) is 0 Å². The number of Topliss-reactive ketones (excluding diaryl/α,β-unsaturated/α-hetero) is 1. The van der Waals surface area contributed by atoms with Gasteiger partial charge in [0.05, 0.1) is 0 Å². The van der Waals surface area contributed by atoms with E-state index >= 15 is 0 Å². The maximum absolute atomic E-state index is 11.1. The first-order valence-electron chi connectivity index (χ1n) is 4.83. The van der Waals surface area contributed by atoms with Crippen LogP contribution in [0.2, 0.25) is 0 Å². The third-order valence-corrected chi connectivity index (χ3v) is 2.30. The Hall–Kier alpha value is -2.23. The maximum Gasteiger partial charge on any atom is 0.344 e. The average molecular weight is 214 g/mol. The predicted molar refractivity (Wildman–Crippen MR) is 60.3 cm³/mol. The second kappa shape index (κ2) is 4.10. The van der Waals surface area contributed by atoms with Gasteiger partial charge in [0.15, 0.2) is 5.78 Å². The highest BCUT2D eigenvalue weighted by Gasteiger charge is 2.01. The molecule has 0 saturated heterocycles. The Morgan fingerprint density at radius 2 is 1.88 bits per heavy atom. The molecule has 2 rings (SSSR count). The molecular formula is C12H10N2O2. The molecule has 16 heavy (non-hydrogen) atoms. The summed E-state index contributed by atoms with van der Waals surface area (Å²) in [6.45, 7) is 1.52. The van der Waals surface area contributed by atoms with Crippen LogP contribution in [0.5, 0.6) is 0 Å². The van der Waals surface area contributed by atoms with Crippen molar-refractivity contribution >= 4 is 5.78 Å². The van der Waals surface area contributed by atoms with Crippen LogP contribution in [-0.4, -0.2) is 15.8 Å². The molecule has 2 aromatic rings. The Morgan fingerprint density at radius 1 is 1.19 bits per heavy atom. The normalized spacial score (nSPS) is 10.1. The van der Waals surface area contributed by atoms with Crippen molar-refractivity contribution in [3.8, 4) is 11.1 Å². The summed E-state index contributed by atoms with van der Waals surface area (Å²) < 4.78 is 0. The minimum Gasteiger partial charge on any atom is -0.312 e. The van der Waals surface area contributed by atoms with Crippen molar-refractivity contribution in [3.63, 3.8) is 0 Å². The first kappa shape index (κ1) is 10.3. The van der Waals surface area contributed by atoms with E-state index in [0.29, 0.717) is 5.56 Å². The molecule has 80 valence electrons. The number of ketones is 1. The van der Waals surface area contributed by atoms with Gasteiger partial charge >= 0.3 is 5.69 Å². The third-order valence-electron chi connectivity index (χ3n) is 2.30. The first-order valence-corrected chi connectivity index (χ1v) is 4.83.